The zero-order valence-electron chi connectivity index (χ0n) is 36.5. The molecule has 2 aliphatic rings. The fourth-order valence-corrected chi connectivity index (χ4v) is 22.0. The van der Waals surface area contributed by atoms with E-state index < -0.39 is 13.3 Å². The molecule has 7 aromatic rings. The maximum atomic E-state index is 7.32. The van der Waals surface area contributed by atoms with Gasteiger partial charge in [-0.25, -0.2) is 0 Å². The number of nitriles is 1. The summed E-state index contributed by atoms with van der Waals surface area (Å²) in [4.78, 5) is 5.30. The summed E-state index contributed by atoms with van der Waals surface area (Å²) in [5, 5.41) is 7.32. The Balaban J connectivity index is 0.00000162. The van der Waals surface area contributed by atoms with Crippen LogP contribution in [0.5, 0.6) is 0 Å². The molecule has 0 atom stereocenters. The molecule has 2 aliphatic heterocycles. The molecule has 0 aliphatic carbocycles. The van der Waals surface area contributed by atoms with Crippen molar-refractivity contribution in [2.45, 2.75) is 89.9 Å². The average Bonchev–Trinajstić information content (AvgIpc) is 3.25. The normalized spacial score (nSPS) is 13.5. The summed E-state index contributed by atoms with van der Waals surface area (Å²) in [5.41, 5.74) is 15.2. The third-order valence-corrected chi connectivity index (χ3v) is 23.8. The standard InChI is InChI=1S/C53H52BGeNS.C2H3N/c1-34(2)39-31-43(35(3)4)53(44(32-39)36(5)6)54-45-21-15-16-22-51(45)57-52-33-42(25-26-46(52)54)56-49-27-23-37(7)29-47(49)55(40-17-11-9-12-18-40,41-19-13-10-14-20-41)48-30-38(8)24-28-50(48)56;1-2-3/h9-36H,1-8H3;1H3. The van der Waals surface area contributed by atoms with Gasteiger partial charge in [-0.05, 0) is 5.92 Å². The molecule has 60 heavy (non-hydrogen) atoms. The first-order valence-electron chi connectivity index (χ1n) is 21.5. The molecule has 298 valence electrons. The molecule has 2 nitrogen and oxygen atoms in total. The minimum atomic E-state index is -3.52. The van der Waals surface area contributed by atoms with E-state index in [0.717, 1.165) is 0 Å². The van der Waals surface area contributed by atoms with Crippen LogP contribution in [-0.2, 0) is 0 Å². The van der Waals surface area contributed by atoms with Gasteiger partial charge in [0.2, 0.25) is 0 Å². The van der Waals surface area contributed by atoms with Crippen LogP contribution in [0.25, 0.3) is 0 Å². The number of anilines is 3. The van der Waals surface area contributed by atoms with Gasteiger partial charge in [0.25, 0.3) is 0 Å². The number of nitrogens with zero attached hydrogens (tertiary/aromatic N) is 2. The van der Waals surface area contributed by atoms with Crippen LogP contribution in [0.2, 0.25) is 0 Å². The molecule has 5 heteroatoms. The fourth-order valence-electron chi connectivity index (χ4n) is 9.75. The molecule has 0 spiro atoms. The maximum absolute atomic E-state index is 7.32. The molecule has 0 radical (unpaired) electrons. The van der Waals surface area contributed by atoms with Crippen molar-refractivity contribution in [3.05, 3.63) is 179 Å². The van der Waals surface area contributed by atoms with E-state index in [9.17, 15) is 0 Å². The zero-order chi connectivity index (χ0) is 42.3. The summed E-state index contributed by atoms with van der Waals surface area (Å²) in [6.45, 7) is 20.3. The van der Waals surface area contributed by atoms with Crippen LogP contribution in [0, 0.1) is 25.2 Å². The Morgan fingerprint density at radius 3 is 1.53 bits per heavy atom. The predicted octanol–water partition coefficient (Wildman–Crippen LogP) is 10.3. The van der Waals surface area contributed by atoms with Crippen molar-refractivity contribution in [3.63, 3.8) is 0 Å². The molecule has 0 N–H and O–H groups in total. The first-order valence-corrected chi connectivity index (χ1v) is 26.5. The fraction of sp³-hybridized carbons (Fsp3) is 0.218. The minimum absolute atomic E-state index is 0.160. The topological polar surface area (TPSA) is 27.0 Å². The third-order valence-electron chi connectivity index (χ3n) is 12.5. The molecular formula is C55H55BGeN2S. The van der Waals surface area contributed by atoms with Crippen molar-refractivity contribution in [2.24, 2.45) is 0 Å². The zero-order valence-corrected chi connectivity index (χ0v) is 39.5. The van der Waals surface area contributed by atoms with Crippen molar-refractivity contribution >= 4 is 82.8 Å². The molecule has 9 rings (SSSR count). The van der Waals surface area contributed by atoms with Gasteiger partial charge in [0.1, 0.15) is 0 Å². The van der Waals surface area contributed by atoms with E-state index in [2.05, 4.69) is 212 Å². The molecule has 0 bridgehead atoms. The number of rotatable bonds is 7. The Labute approximate surface area is 366 Å². The van der Waals surface area contributed by atoms with Gasteiger partial charge in [-0.3, -0.25) is 0 Å². The van der Waals surface area contributed by atoms with Crippen LogP contribution < -0.4 is 38.9 Å². The second-order valence-corrected chi connectivity index (χ2v) is 26.4. The SMILES string of the molecule is CC#N.Cc1ccc2[c](c1)[Ge]([c]1ccccc1)([c]1ccccc1)[c]1cc(C)ccc1N2c1ccc2c(c1)Sc1ccccc1B2c1c(C(C)C)cc(C(C)C)cc1C(C)C. The van der Waals surface area contributed by atoms with Gasteiger partial charge < -0.3 is 0 Å². The van der Waals surface area contributed by atoms with E-state index in [-0.39, 0.29) is 6.71 Å². The molecule has 7 aromatic carbocycles. The Bertz CT molecular complexity index is 2610. The number of aryl methyl sites for hydroxylation is 2. The average molecular weight is 860 g/mol. The second-order valence-electron chi connectivity index (χ2n) is 17.5. The van der Waals surface area contributed by atoms with Crippen molar-refractivity contribution in [1.29, 1.82) is 5.26 Å². The summed E-state index contributed by atoms with van der Waals surface area (Å²) in [7, 11) is 0. The Morgan fingerprint density at radius 1 is 0.550 bits per heavy atom. The molecule has 0 fully saturated rings. The quantitative estimate of drug-likeness (QED) is 0.149. The number of benzene rings is 7. The Morgan fingerprint density at radius 2 is 1.03 bits per heavy atom. The summed E-state index contributed by atoms with van der Waals surface area (Å²) in [6, 6.07) is 60.8. The molecule has 0 saturated heterocycles. The van der Waals surface area contributed by atoms with Gasteiger partial charge in [0.15, 0.2) is 0 Å². The van der Waals surface area contributed by atoms with Crippen LogP contribution in [-0.4, -0.2) is 20.0 Å². The summed E-state index contributed by atoms with van der Waals surface area (Å²) >= 11 is -1.58. The van der Waals surface area contributed by atoms with Gasteiger partial charge in [0, 0.05) is 6.92 Å². The number of hydrogen-bond donors (Lipinski definition) is 0. The van der Waals surface area contributed by atoms with Gasteiger partial charge >= 0.3 is 330 Å². The van der Waals surface area contributed by atoms with Gasteiger partial charge in [-0.2, -0.15) is 5.26 Å². The van der Waals surface area contributed by atoms with E-state index in [4.69, 9.17) is 5.26 Å². The van der Waals surface area contributed by atoms with E-state index in [0.29, 0.717) is 17.8 Å². The first kappa shape index (κ1) is 41.5. The van der Waals surface area contributed by atoms with Crippen LogP contribution in [0.4, 0.5) is 17.1 Å². The molecule has 0 amide bonds. The Hall–Kier alpha value is -5.21. The van der Waals surface area contributed by atoms with E-state index in [1.807, 2.05) is 11.8 Å². The molecule has 0 aromatic heterocycles. The Kier molecular flexibility index (Phi) is 11.8. The van der Waals surface area contributed by atoms with Crippen molar-refractivity contribution in [3.8, 4) is 6.07 Å². The van der Waals surface area contributed by atoms with Crippen molar-refractivity contribution in [2.75, 3.05) is 4.90 Å². The number of fused-ring (bicyclic) bond motifs is 4. The summed E-state index contributed by atoms with van der Waals surface area (Å²) < 4.78 is 5.92. The monoisotopic (exact) mass is 860 g/mol. The van der Waals surface area contributed by atoms with Crippen LogP contribution >= 0.6 is 11.8 Å². The molecule has 0 saturated carbocycles. The second kappa shape index (κ2) is 17.0. The van der Waals surface area contributed by atoms with Crippen LogP contribution in [0.3, 0.4) is 0 Å². The van der Waals surface area contributed by atoms with Crippen molar-refractivity contribution < 1.29 is 0 Å². The van der Waals surface area contributed by atoms with Crippen molar-refractivity contribution in [1.82, 2.24) is 0 Å². The third kappa shape index (κ3) is 7.14. The molecule has 0 unspecified atom stereocenters. The van der Waals surface area contributed by atoms with E-state index in [1.54, 1.807) is 6.07 Å². The van der Waals surface area contributed by atoms with E-state index in [1.165, 1.54) is 95.6 Å². The first-order chi connectivity index (χ1) is 29.0. The molecular weight excluding hydrogens is 804 g/mol. The van der Waals surface area contributed by atoms with Gasteiger partial charge in [-0.1, -0.05) is 13.8 Å². The van der Waals surface area contributed by atoms with Gasteiger partial charge in [0.05, 0.1) is 6.07 Å². The summed E-state index contributed by atoms with van der Waals surface area (Å²) in [5.74, 6) is 1.30. The van der Waals surface area contributed by atoms with Crippen LogP contribution in [0.1, 0.15) is 94.0 Å². The summed E-state index contributed by atoms with van der Waals surface area (Å²) in [6.07, 6.45) is 0. The predicted molar refractivity (Wildman–Crippen MR) is 263 cm³/mol. The van der Waals surface area contributed by atoms with E-state index >= 15 is 0 Å². The molecule has 2 heterocycles. The van der Waals surface area contributed by atoms with Gasteiger partial charge in [-0.15, -0.1) is 0 Å². The van der Waals surface area contributed by atoms with Crippen LogP contribution in [0.15, 0.2) is 161 Å². The number of hydrogen-bond acceptors (Lipinski definition) is 3.